The molecule has 0 radical (unpaired) electrons. The molecule has 3 N–H and O–H groups in total. The molecule has 16 heavy (non-hydrogen) atoms. The molecule has 3 heteroatoms. The minimum atomic E-state index is -0.310. The summed E-state index contributed by atoms with van der Waals surface area (Å²) in [6, 6.07) is 5.72. The molecule has 1 unspecified atom stereocenters. The van der Waals surface area contributed by atoms with Gasteiger partial charge in [0.05, 0.1) is 12.6 Å². The number of nitrogens with two attached hydrogens (primary N) is 1. The van der Waals surface area contributed by atoms with Gasteiger partial charge in [0.15, 0.2) is 0 Å². The van der Waals surface area contributed by atoms with Gasteiger partial charge in [-0.25, -0.2) is 0 Å². The van der Waals surface area contributed by atoms with Crippen LogP contribution in [0.4, 0.5) is 0 Å². The Hall–Kier alpha value is -1.45. The van der Waals surface area contributed by atoms with Crippen molar-refractivity contribution in [2.24, 2.45) is 5.73 Å². The van der Waals surface area contributed by atoms with E-state index in [1.165, 1.54) is 10.9 Å². The molecule has 0 amide bonds. The van der Waals surface area contributed by atoms with Gasteiger partial charge in [0.1, 0.15) is 0 Å². The van der Waals surface area contributed by atoms with E-state index in [1.54, 1.807) is 0 Å². The van der Waals surface area contributed by atoms with Crippen LogP contribution in [0, 0.1) is 0 Å². The third kappa shape index (κ3) is 1.92. The van der Waals surface area contributed by atoms with Crippen molar-refractivity contribution in [3.63, 3.8) is 0 Å². The van der Waals surface area contributed by atoms with Crippen LogP contribution in [0.2, 0.25) is 0 Å². The van der Waals surface area contributed by atoms with E-state index in [1.807, 2.05) is 24.5 Å². The first-order valence-corrected chi connectivity index (χ1v) is 5.49. The monoisotopic (exact) mass is 216 g/mol. The van der Waals surface area contributed by atoms with Gasteiger partial charge in [0.25, 0.3) is 0 Å². The van der Waals surface area contributed by atoms with Gasteiger partial charge >= 0.3 is 0 Å². The number of fused-ring (bicyclic) bond motifs is 1. The fourth-order valence-corrected chi connectivity index (χ4v) is 1.88. The quantitative estimate of drug-likeness (QED) is 0.822. The van der Waals surface area contributed by atoms with Crippen molar-refractivity contribution >= 4 is 10.8 Å². The maximum Gasteiger partial charge on any atom is 0.0624 e. The highest BCUT2D eigenvalue weighted by atomic mass is 16.3. The summed E-state index contributed by atoms with van der Waals surface area (Å²) in [5, 5.41) is 11.3. The number of aryl methyl sites for hydroxylation is 1. The highest BCUT2D eigenvalue weighted by molar-refractivity contribution is 5.85. The van der Waals surface area contributed by atoms with E-state index >= 15 is 0 Å². The Morgan fingerprint density at radius 3 is 2.88 bits per heavy atom. The van der Waals surface area contributed by atoms with Gasteiger partial charge in [-0.15, -0.1) is 0 Å². The lowest BCUT2D eigenvalue weighted by molar-refractivity contribution is 0.268. The van der Waals surface area contributed by atoms with Gasteiger partial charge in [-0.3, -0.25) is 4.98 Å². The molecule has 0 fully saturated rings. The van der Waals surface area contributed by atoms with Crippen molar-refractivity contribution in [1.29, 1.82) is 0 Å². The van der Waals surface area contributed by atoms with Crippen molar-refractivity contribution in [2.75, 3.05) is 6.61 Å². The zero-order valence-electron chi connectivity index (χ0n) is 9.35. The van der Waals surface area contributed by atoms with Crippen molar-refractivity contribution in [1.82, 2.24) is 4.98 Å². The highest BCUT2D eigenvalue weighted by Crippen LogP contribution is 2.21. The standard InChI is InChI=1S/C13H16N2O/c1-2-9-6-15-7-11-5-10(13(14)8-16)3-4-12(9)11/h3-7,13,16H,2,8,14H2,1H3. The summed E-state index contributed by atoms with van der Waals surface area (Å²) in [6.07, 6.45) is 4.70. The number of rotatable bonds is 3. The van der Waals surface area contributed by atoms with Crippen LogP contribution in [-0.4, -0.2) is 16.7 Å². The maximum absolute atomic E-state index is 9.02. The lowest BCUT2D eigenvalue weighted by Crippen LogP contribution is -2.14. The number of nitrogens with zero attached hydrogens (tertiary/aromatic N) is 1. The molecule has 1 heterocycles. The van der Waals surface area contributed by atoms with E-state index in [-0.39, 0.29) is 12.6 Å². The predicted octanol–water partition coefficient (Wildman–Crippen LogP) is 1.79. The first-order chi connectivity index (χ1) is 7.76. The smallest absolute Gasteiger partial charge is 0.0624 e. The Kier molecular flexibility index (Phi) is 3.17. The molecule has 1 atom stereocenters. The van der Waals surface area contributed by atoms with Gasteiger partial charge < -0.3 is 10.8 Å². The summed E-state index contributed by atoms with van der Waals surface area (Å²) in [4.78, 5) is 4.21. The zero-order valence-corrected chi connectivity index (χ0v) is 9.35. The molecule has 84 valence electrons. The third-order valence-corrected chi connectivity index (χ3v) is 2.87. The van der Waals surface area contributed by atoms with Crippen molar-refractivity contribution in [3.05, 3.63) is 41.7 Å². The molecule has 1 aromatic carbocycles. The Morgan fingerprint density at radius 2 is 2.19 bits per heavy atom. The fourth-order valence-electron chi connectivity index (χ4n) is 1.88. The van der Waals surface area contributed by atoms with Crippen molar-refractivity contribution in [2.45, 2.75) is 19.4 Å². The molecule has 1 aromatic heterocycles. The molecule has 0 spiro atoms. The Balaban J connectivity index is 2.55. The van der Waals surface area contributed by atoms with E-state index in [4.69, 9.17) is 10.8 Å². The fraction of sp³-hybridized carbons (Fsp3) is 0.308. The largest absolute Gasteiger partial charge is 0.394 e. The second-order valence-corrected chi connectivity index (χ2v) is 3.92. The Bertz CT molecular complexity index is 496. The minimum Gasteiger partial charge on any atom is -0.394 e. The third-order valence-electron chi connectivity index (χ3n) is 2.87. The van der Waals surface area contributed by atoms with E-state index in [0.717, 1.165) is 17.4 Å². The minimum absolute atomic E-state index is 0.0353. The molecule has 0 aliphatic carbocycles. The average molecular weight is 216 g/mol. The van der Waals surface area contributed by atoms with Crippen LogP contribution in [0.1, 0.15) is 24.1 Å². The van der Waals surface area contributed by atoms with Crippen LogP contribution in [0.15, 0.2) is 30.6 Å². The normalized spacial score (nSPS) is 12.9. The van der Waals surface area contributed by atoms with Crippen molar-refractivity contribution < 1.29 is 5.11 Å². The lowest BCUT2D eigenvalue weighted by Gasteiger charge is -2.10. The molecule has 0 aliphatic heterocycles. The summed E-state index contributed by atoms with van der Waals surface area (Å²) in [6.45, 7) is 2.08. The summed E-state index contributed by atoms with van der Waals surface area (Å²) in [5.41, 5.74) is 7.97. The van der Waals surface area contributed by atoms with E-state index in [9.17, 15) is 0 Å². The summed E-state index contributed by atoms with van der Waals surface area (Å²) in [7, 11) is 0. The van der Waals surface area contributed by atoms with Crippen LogP contribution in [-0.2, 0) is 6.42 Å². The van der Waals surface area contributed by atoms with Gasteiger partial charge in [-0.05, 0) is 29.0 Å². The van der Waals surface area contributed by atoms with Crippen LogP contribution in [0.25, 0.3) is 10.8 Å². The number of aromatic nitrogens is 1. The molecular formula is C13H16N2O. The molecule has 0 bridgehead atoms. The van der Waals surface area contributed by atoms with Crippen LogP contribution < -0.4 is 5.73 Å². The van der Waals surface area contributed by atoms with Crippen LogP contribution >= 0.6 is 0 Å². The van der Waals surface area contributed by atoms with Gasteiger partial charge in [-0.1, -0.05) is 19.1 Å². The number of pyridine rings is 1. The highest BCUT2D eigenvalue weighted by Gasteiger charge is 2.06. The van der Waals surface area contributed by atoms with E-state index < -0.39 is 0 Å². The SMILES string of the molecule is CCc1cncc2cc(C(N)CO)ccc12. The molecule has 0 saturated carbocycles. The first kappa shape index (κ1) is 11.0. The molecule has 3 nitrogen and oxygen atoms in total. The summed E-state index contributed by atoms with van der Waals surface area (Å²) < 4.78 is 0. The van der Waals surface area contributed by atoms with Crippen molar-refractivity contribution in [3.8, 4) is 0 Å². The van der Waals surface area contributed by atoms with E-state index in [2.05, 4.69) is 18.0 Å². The first-order valence-electron chi connectivity index (χ1n) is 5.49. The van der Waals surface area contributed by atoms with E-state index in [0.29, 0.717) is 0 Å². The maximum atomic E-state index is 9.02. The second-order valence-electron chi connectivity index (χ2n) is 3.92. The Labute approximate surface area is 94.9 Å². The topological polar surface area (TPSA) is 59.1 Å². The number of benzene rings is 1. The Morgan fingerprint density at radius 1 is 1.38 bits per heavy atom. The predicted molar refractivity (Wildman–Crippen MR) is 65.1 cm³/mol. The number of hydrogen-bond donors (Lipinski definition) is 2. The van der Waals surface area contributed by atoms with Gasteiger partial charge in [-0.2, -0.15) is 0 Å². The molecule has 0 saturated heterocycles. The van der Waals surface area contributed by atoms with Gasteiger partial charge in [0.2, 0.25) is 0 Å². The lowest BCUT2D eigenvalue weighted by atomic mass is 10.0. The van der Waals surface area contributed by atoms with Crippen LogP contribution in [0.3, 0.4) is 0 Å². The number of hydrogen-bond acceptors (Lipinski definition) is 3. The number of aliphatic hydroxyl groups is 1. The van der Waals surface area contributed by atoms with Gasteiger partial charge in [0, 0.05) is 17.8 Å². The average Bonchev–Trinajstić information content (AvgIpc) is 2.36. The second kappa shape index (κ2) is 4.60. The molecule has 2 aromatic rings. The number of aliphatic hydroxyl groups excluding tert-OH is 1. The summed E-state index contributed by atoms with van der Waals surface area (Å²) in [5.74, 6) is 0. The molecule has 2 rings (SSSR count). The zero-order chi connectivity index (χ0) is 11.5. The molecule has 0 aliphatic rings. The van der Waals surface area contributed by atoms with Crippen LogP contribution in [0.5, 0.6) is 0 Å². The molecular weight excluding hydrogens is 200 g/mol. The summed E-state index contributed by atoms with van der Waals surface area (Å²) >= 11 is 0.